The van der Waals surface area contributed by atoms with Crippen molar-refractivity contribution in [2.75, 3.05) is 20.2 Å². The van der Waals surface area contributed by atoms with Gasteiger partial charge in [-0.15, -0.1) is 0 Å². The molecule has 0 bridgehead atoms. The molecule has 8 heteroatoms. The smallest absolute Gasteiger partial charge is 0.356 e. The van der Waals surface area contributed by atoms with Crippen molar-refractivity contribution in [3.8, 4) is 0 Å². The highest BCUT2D eigenvalue weighted by molar-refractivity contribution is 5.95. The second-order valence-corrected chi connectivity index (χ2v) is 6.06. The maximum atomic E-state index is 12.6. The summed E-state index contributed by atoms with van der Waals surface area (Å²) in [6.07, 6.45) is 6.85. The van der Waals surface area contributed by atoms with Crippen molar-refractivity contribution in [3.05, 3.63) is 35.7 Å². The number of methoxy groups -OCH3 is 1. The molecule has 0 unspecified atom stereocenters. The van der Waals surface area contributed by atoms with Crippen LogP contribution in [0, 0.1) is 5.92 Å². The van der Waals surface area contributed by atoms with Gasteiger partial charge in [0.1, 0.15) is 5.69 Å². The topological polar surface area (TPSA) is 93.1 Å². The largest absolute Gasteiger partial charge is 0.464 e. The van der Waals surface area contributed by atoms with Crippen molar-refractivity contribution in [3.63, 3.8) is 0 Å². The van der Waals surface area contributed by atoms with Gasteiger partial charge < -0.3 is 9.30 Å². The maximum Gasteiger partial charge on any atom is 0.356 e. The van der Waals surface area contributed by atoms with E-state index >= 15 is 0 Å². The van der Waals surface area contributed by atoms with Crippen molar-refractivity contribution in [2.45, 2.75) is 19.4 Å². The van der Waals surface area contributed by atoms with Gasteiger partial charge in [-0.3, -0.25) is 14.8 Å². The van der Waals surface area contributed by atoms with E-state index in [9.17, 15) is 9.59 Å². The Hall–Kier alpha value is -2.48. The SMILES string of the molecule is COC(=O)c1[nH]ncc1CN1CCC[C@@H](C(=O)c2nccn2C)C1. The lowest BCUT2D eigenvalue weighted by Gasteiger charge is -2.31. The van der Waals surface area contributed by atoms with E-state index in [4.69, 9.17) is 4.74 Å². The first kappa shape index (κ1) is 16.4. The zero-order valence-corrected chi connectivity index (χ0v) is 13.9. The Morgan fingerprint density at radius 2 is 2.29 bits per heavy atom. The maximum absolute atomic E-state index is 12.6. The molecule has 8 nitrogen and oxygen atoms in total. The van der Waals surface area contributed by atoms with Gasteiger partial charge in [-0.05, 0) is 19.4 Å². The number of aromatic amines is 1. The van der Waals surface area contributed by atoms with Gasteiger partial charge in [-0.2, -0.15) is 5.10 Å². The summed E-state index contributed by atoms with van der Waals surface area (Å²) in [7, 11) is 3.17. The summed E-state index contributed by atoms with van der Waals surface area (Å²) in [5.74, 6) is 0.0708. The van der Waals surface area contributed by atoms with Gasteiger partial charge in [-0.1, -0.05) is 0 Å². The van der Waals surface area contributed by atoms with Gasteiger partial charge in [0, 0.05) is 44.0 Å². The lowest BCUT2D eigenvalue weighted by atomic mass is 9.93. The van der Waals surface area contributed by atoms with E-state index in [1.807, 2.05) is 7.05 Å². The fourth-order valence-electron chi connectivity index (χ4n) is 3.15. The first-order valence-corrected chi connectivity index (χ1v) is 7.94. The molecule has 3 rings (SSSR count). The number of aryl methyl sites for hydroxylation is 1. The van der Waals surface area contributed by atoms with Crippen LogP contribution in [-0.4, -0.2) is 56.6 Å². The average molecular weight is 331 g/mol. The van der Waals surface area contributed by atoms with Crippen molar-refractivity contribution in [1.29, 1.82) is 0 Å². The van der Waals surface area contributed by atoms with Gasteiger partial charge in [0.05, 0.1) is 13.3 Å². The van der Waals surface area contributed by atoms with Gasteiger partial charge in [-0.25, -0.2) is 9.78 Å². The molecule has 1 saturated heterocycles. The molecule has 1 fully saturated rings. The van der Waals surface area contributed by atoms with E-state index in [-0.39, 0.29) is 11.7 Å². The van der Waals surface area contributed by atoms with Gasteiger partial charge >= 0.3 is 5.97 Å². The van der Waals surface area contributed by atoms with E-state index in [0.29, 0.717) is 24.6 Å². The van der Waals surface area contributed by atoms with E-state index in [2.05, 4.69) is 20.1 Å². The molecular weight excluding hydrogens is 310 g/mol. The standard InChI is InChI=1S/C16H21N5O3/c1-20-7-5-17-15(20)14(22)11-4-3-6-21(9-11)10-12-8-18-19-13(12)16(23)24-2/h5,7-8,11H,3-4,6,9-10H2,1-2H3,(H,18,19)/t11-/m1/s1. The Morgan fingerprint density at radius 3 is 3.00 bits per heavy atom. The molecule has 0 saturated carbocycles. The predicted molar refractivity (Wildman–Crippen MR) is 85.5 cm³/mol. The number of Topliss-reactive ketones (excluding diaryl/α,β-unsaturated/α-hetero) is 1. The van der Waals surface area contributed by atoms with Crippen LogP contribution in [0.2, 0.25) is 0 Å². The number of ether oxygens (including phenoxy) is 1. The molecule has 0 aliphatic carbocycles. The molecule has 0 aromatic carbocycles. The van der Waals surface area contributed by atoms with Crippen molar-refractivity contribution in [1.82, 2.24) is 24.6 Å². The quantitative estimate of drug-likeness (QED) is 0.649. The number of hydrogen-bond acceptors (Lipinski definition) is 6. The van der Waals surface area contributed by atoms with E-state index in [1.165, 1.54) is 7.11 Å². The number of H-pyrrole nitrogens is 1. The molecule has 0 radical (unpaired) electrons. The second kappa shape index (κ2) is 6.96. The minimum atomic E-state index is -0.430. The van der Waals surface area contributed by atoms with Crippen LogP contribution in [0.1, 0.15) is 39.5 Å². The number of imidazole rings is 1. The number of hydrogen-bond donors (Lipinski definition) is 1. The van der Waals surface area contributed by atoms with Crippen molar-refractivity contribution >= 4 is 11.8 Å². The zero-order valence-electron chi connectivity index (χ0n) is 13.9. The van der Waals surface area contributed by atoms with Crippen LogP contribution in [0.15, 0.2) is 18.6 Å². The third-order valence-corrected chi connectivity index (χ3v) is 4.42. The molecule has 0 amide bonds. The van der Waals surface area contributed by atoms with E-state index in [0.717, 1.165) is 24.9 Å². The monoisotopic (exact) mass is 331 g/mol. The van der Waals surface area contributed by atoms with Gasteiger partial charge in [0.15, 0.2) is 5.82 Å². The minimum absolute atomic E-state index is 0.0756. The average Bonchev–Trinajstić information content (AvgIpc) is 3.22. The second-order valence-electron chi connectivity index (χ2n) is 6.06. The summed E-state index contributed by atoms with van der Waals surface area (Å²) in [6, 6.07) is 0. The zero-order chi connectivity index (χ0) is 17.1. The van der Waals surface area contributed by atoms with Crippen LogP contribution in [0.25, 0.3) is 0 Å². The van der Waals surface area contributed by atoms with Crippen LogP contribution in [0.5, 0.6) is 0 Å². The minimum Gasteiger partial charge on any atom is -0.464 e. The van der Waals surface area contributed by atoms with E-state index < -0.39 is 5.97 Å². The molecule has 1 aliphatic heterocycles. The molecule has 0 spiro atoms. The Labute approximate surface area is 139 Å². The molecule has 24 heavy (non-hydrogen) atoms. The Kier molecular flexibility index (Phi) is 4.75. The Balaban J connectivity index is 1.68. The number of ketones is 1. The highest BCUT2D eigenvalue weighted by atomic mass is 16.5. The molecule has 1 N–H and O–H groups in total. The number of esters is 1. The molecule has 3 heterocycles. The van der Waals surface area contributed by atoms with Crippen LogP contribution < -0.4 is 0 Å². The summed E-state index contributed by atoms with van der Waals surface area (Å²) in [5.41, 5.74) is 1.15. The third-order valence-electron chi connectivity index (χ3n) is 4.42. The van der Waals surface area contributed by atoms with Crippen LogP contribution in [-0.2, 0) is 18.3 Å². The fraction of sp³-hybridized carbons (Fsp3) is 0.500. The lowest BCUT2D eigenvalue weighted by Crippen LogP contribution is -2.39. The summed E-state index contributed by atoms with van der Waals surface area (Å²) < 4.78 is 6.51. The first-order valence-electron chi connectivity index (χ1n) is 7.94. The lowest BCUT2D eigenvalue weighted by molar-refractivity contribution is 0.0589. The number of carbonyl (C=O) groups is 2. The normalized spacial score (nSPS) is 18.5. The molecule has 2 aromatic rings. The van der Waals surface area contributed by atoms with Crippen LogP contribution in [0.3, 0.4) is 0 Å². The third kappa shape index (κ3) is 3.23. The van der Waals surface area contributed by atoms with Gasteiger partial charge in [0.25, 0.3) is 0 Å². The molecule has 1 aliphatic rings. The molecular formula is C16H21N5O3. The number of nitrogens with one attached hydrogen (secondary N) is 1. The molecule has 1 atom stereocenters. The number of piperidine rings is 1. The Bertz CT molecular complexity index is 736. The molecule has 128 valence electrons. The van der Waals surface area contributed by atoms with Crippen molar-refractivity contribution in [2.24, 2.45) is 13.0 Å². The van der Waals surface area contributed by atoms with Crippen molar-refractivity contribution < 1.29 is 14.3 Å². The predicted octanol–water partition coefficient (Wildman–Crippen LogP) is 1.02. The number of aromatic nitrogens is 4. The summed E-state index contributed by atoms with van der Waals surface area (Å²) >= 11 is 0. The summed E-state index contributed by atoms with van der Waals surface area (Å²) in [5, 5.41) is 6.61. The summed E-state index contributed by atoms with van der Waals surface area (Å²) in [6.45, 7) is 2.10. The number of carbonyl (C=O) groups excluding carboxylic acids is 2. The molecule has 2 aromatic heterocycles. The fourth-order valence-corrected chi connectivity index (χ4v) is 3.15. The highest BCUT2D eigenvalue weighted by Gasteiger charge is 2.29. The van der Waals surface area contributed by atoms with E-state index in [1.54, 1.807) is 23.2 Å². The first-order chi connectivity index (χ1) is 11.6. The highest BCUT2D eigenvalue weighted by Crippen LogP contribution is 2.22. The van der Waals surface area contributed by atoms with Crippen LogP contribution >= 0.6 is 0 Å². The Morgan fingerprint density at radius 1 is 1.46 bits per heavy atom. The van der Waals surface area contributed by atoms with Crippen LogP contribution in [0.4, 0.5) is 0 Å². The summed E-state index contributed by atoms with van der Waals surface area (Å²) in [4.78, 5) is 30.7. The number of rotatable bonds is 5. The number of nitrogens with zero attached hydrogens (tertiary/aromatic N) is 4. The number of likely N-dealkylation sites (tertiary alicyclic amines) is 1. The van der Waals surface area contributed by atoms with Gasteiger partial charge in [0.2, 0.25) is 5.78 Å².